The molecule has 2 nitrogen and oxygen atoms in total. The van der Waals surface area contributed by atoms with Crippen LogP contribution in [0.4, 0.5) is 10.1 Å². The summed E-state index contributed by atoms with van der Waals surface area (Å²) >= 11 is 1.94. The molecule has 1 heterocycles. The van der Waals surface area contributed by atoms with E-state index in [-0.39, 0.29) is 10.6 Å². The molecule has 1 fully saturated rings. The van der Waals surface area contributed by atoms with E-state index in [1.54, 1.807) is 13.0 Å². The minimum atomic E-state index is -0.779. The molecule has 100 valence electrons. The van der Waals surface area contributed by atoms with Crippen LogP contribution in [0, 0.1) is 5.82 Å². The summed E-state index contributed by atoms with van der Waals surface area (Å²) < 4.78 is 14.0. The molecule has 1 atom stereocenters. The highest BCUT2D eigenvalue weighted by Gasteiger charge is 2.29. The van der Waals surface area contributed by atoms with Gasteiger partial charge in [-0.15, -0.1) is 0 Å². The Kier molecular flexibility index (Phi) is 3.87. The summed E-state index contributed by atoms with van der Waals surface area (Å²) in [6.07, 6.45) is -0.779. The van der Waals surface area contributed by atoms with Gasteiger partial charge < -0.3 is 10.0 Å². The Morgan fingerprint density at radius 2 is 2.17 bits per heavy atom. The zero-order valence-electron chi connectivity index (χ0n) is 11.1. The summed E-state index contributed by atoms with van der Waals surface area (Å²) in [7, 11) is 0. The van der Waals surface area contributed by atoms with Crippen LogP contribution in [0.15, 0.2) is 18.2 Å². The van der Waals surface area contributed by atoms with Crippen molar-refractivity contribution in [1.29, 1.82) is 0 Å². The highest BCUT2D eigenvalue weighted by atomic mass is 32.2. The van der Waals surface area contributed by atoms with Crippen LogP contribution in [0.3, 0.4) is 0 Å². The fourth-order valence-electron chi connectivity index (χ4n) is 2.44. The van der Waals surface area contributed by atoms with Gasteiger partial charge in [0.05, 0.1) is 6.10 Å². The molecule has 1 aliphatic heterocycles. The van der Waals surface area contributed by atoms with Crippen molar-refractivity contribution in [2.24, 2.45) is 0 Å². The Bertz CT molecular complexity index is 434. The molecule has 18 heavy (non-hydrogen) atoms. The van der Waals surface area contributed by atoms with Gasteiger partial charge in [-0.2, -0.15) is 11.8 Å². The predicted octanol–water partition coefficient (Wildman–Crippen LogP) is 3.21. The van der Waals surface area contributed by atoms with Gasteiger partial charge in [0.25, 0.3) is 0 Å². The zero-order valence-corrected chi connectivity index (χ0v) is 11.9. The van der Waals surface area contributed by atoms with Crippen LogP contribution in [-0.4, -0.2) is 28.7 Å². The van der Waals surface area contributed by atoms with Crippen LogP contribution in [-0.2, 0) is 0 Å². The molecule has 2 rings (SSSR count). The number of anilines is 1. The Morgan fingerprint density at radius 3 is 2.78 bits per heavy atom. The first-order valence-corrected chi connectivity index (χ1v) is 7.25. The van der Waals surface area contributed by atoms with Crippen LogP contribution < -0.4 is 4.90 Å². The highest BCUT2D eigenvalue weighted by Crippen LogP contribution is 2.35. The quantitative estimate of drug-likeness (QED) is 0.892. The lowest BCUT2D eigenvalue weighted by Gasteiger charge is -2.40. The van der Waals surface area contributed by atoms with Crippen molar-refractivity contribution < 1.29 is 9.50 Å². The van der Waals surface area contributed by atoms with Gasteiger partial charge in [-0.25, -0.2) is 4.39 Å². The summed E-state index contributed by atoms with van der Waals surface area (Å²) in [6, 6.07) is 5.03. The first-order valence-electron chi connectivity index (χ1n) is 6.26. The van der Waals surface area contributed by atoms with E-state index in [2.05, 4.69) is 18.7 Å². The number of benzene rings is 1. The van der Waals surface area contributed by atoms with Crippen molar-refractivity contribution in [1.82, 2.24) is 0 Å². The minimum absolute atomic E-state index is 0.167. The minimum Gasteiger partial charge on any atom is -0.389 e. The molecule has 4 heteroatoms. The SMILES string of the molecule is C[C@H](O)c1c(F)cccc1N1CCSC(C)(C)C1. The van der Waals surface area contributed by atoms with Crippen molar-refractivity contribution in [3.8, 4) is 0 Å². The van der Waals surface area contributed by atoms with E-state index in [0.29, 0.717) is 5.56 Å². The summed E-state index contributed by atoms with van der Waals surface area (Å²) in [5, 5.41) is 9.77. The van der Waals surface area contributed by atoms with Crippen molar-refractivity contribution in [2.45, 2.75) is 31.6 Å². The Labute approximate surface area is 112 Å². The van der Waals surface area contributed by atoms with Crippen LogP contribution in [0.2, 0.25) is 0 Å². The van der Waals surface area contributed by atoms with Crippen molar-refractivity contribution in [2.75, 3.05) is 23.7 Å². The van der Waals surface area contributed by atoms with E-state index < -0.39 is 6.10 Å². The number of thioether (sulfide) groups is 1. The third-order valence-corrected chi connectivity index (χ3v) is 4.51. The van der Waals surface area contributed by atoms with Gasteiger partial charge in [0, 0.05) is 34.8 Å². The van der Waals surface area contributed by atoms with E-state index >= 15 is 0 Å². The van der Waals surface area contributed by atoms with Gasteiger partial charge in [-0.1, -0.05) is 6.07 Å². The number of halogens is 1. The molecule has 0 bridgehead atoms. The monoisotopic (exact) mass is 269 g/mol. The third kappa shape index (κ3) is 2.81. The summed E-state index contributed by atoms with van der Waals surface area (Å²) in [6.45, 7) is 7.79. The number of hydrogen-bond donors (Lipinski definition) is 1. The van der Waals surface area contributed by atoms with E-state index in [1.165, 1.54) is 6.07 Å². The first kappa shape index (κ1) is 13.7. The van der Waals surface area contributed by atoms with Gasteiger partial charge in [-0.3, -0.25) is 0 Å². The van der Waals surface area contributed by atoms with E-state index in [4.69, 9.17) is 0 Å². The average Bonchev–Trinajstić information content (AvgIpc) is 2.26. The van der Waals surface area contributed by atoms with Crippen molar-refractivity contribution in [3.63, 3.8) is 0 Å². The molecule has 1 aromatic rings. The molecule has 0 unspecified atom stereocenters. The van der Waals surface area contributed by atoms with Crippen LogP contribution in [0.25, 0.3) is 0 Å². The lowest BCUT2D eigenvalue weighted by atomic mass is 10.0. The number of nitrogens with zero attached hydrogens (tertiary/aromatic N) is 1. The lowest BCUT2D eigenvalue weighted by Crippen LogP contribution is -2.43. The van der Waals surface area contributed by atoms with Gasteiger partial charge in [0.15, 0.2) is 0 Å². The topological polar surface area (TPSA) is 23.5 Å². The summed E-state index contributed by atoms with van der Waals surface area (Å²) in [5.74, 6) is 0.710. The molecule has 0 spiro atoms. The van der Waals surface area contributed by atoms with Gasteiger partial charge in [0.1, 0.15) is 5.82 Å². The Morgan fingerprint density at radius 1 is 1.44 bits per heavy atom. The smallest absolute Gasteiger partial charge is 0.131 e. The number of hydrogen-bond acceptors (Lipinski definition) is 3. The lowest BCUT2D eigenvalue weighted by molar-refractivity contribution is 0.194. The molecule has 1 N–H and O–H groups in total. The maximum absolute atomic E-state index is 13.9. The first-order chi connectivity index (χ1) is 8.41. The molecule has 0 amide bonds. The molecule has 0 saturated carbocycles. The average molecular weight is 269 g/mol. The number of aliphatic hydroxyl groups is 1. The highest BCUT2D eigenvalue weighted by molar-refractivity contribution is 8.00. The van der Waals surface area contributed by atoms with Crippen molar-refractivity contribution >= 4 is 17.4 Å². The zero-order chi connectivity index (χ0) is 13.3. The van der Waals surface area contributed by atoms with Crippen LogP contribution >= 0.6 is 11.8 Å². The standard InChI is InChI=1S/C14H20FNOS/c1-10(17)13-11(15)5-4-6-12(13)16-7-8-18-14(2,3)9-16/h4-6,10,17H,7-9H2,1-3H3/t10-/m0/s1. The summed E-state index contributed by atoms with van der Waals surface area (Å²) in [4.78, 5) is 2.18. The molecule has 1 aromatic carbocycles. The largest absolute Gasteiger partial charge is 0.389 e. The normalized spacial score (nSPS) is 20.8. The van der Waals surface area contributed by atoms with E-state index in [0.717, 1.165) is 24.5 Å². The maximum Gasteiger partial charge on any atom is 0.131 e. The molecular weight excluding hydrogens is 249 g/mol. The fourth-order valence-corrected chi connectivity index (χ4v) is 3.55. The molecule has 1 aliphatic rings. The summed E-state index contributed by atoms with van der Waals surface area (Å²) in [5.41, 5.74) is 1.25. The Balaban J connectivity index is 2.36. The van der Waals surface area contributed by atoms with E-state index in [1.807, 2.05) is 17.8 Å². The maximum atomic E-state index is 13.9. The van der Waals surface area contributed by atoms with Gasteiger partial charge in [0.2, 0.25) is 0 Å². The predicted molar refractivity (Wildman–Crippen MR) is 75.8 cm³/mol. The molecular formula is C14H20FNOS. The second-order valence-electron chi connectivity index (χ2n) is 5.38. The molecule has 0 aromatic heterocycles. The molecule has 0 aliphatic carbocycles. The fraction of sp³-hybridized carbons (Fsp3) is 0.571. The second kappa shape index (κ2) is 5.10. The molecule has 0 radical (unpaired) electrons. The van der Waals surface area contributed by atoms with Crippen molar-refractivity contribution in [3.05, 3.63) is 29.6 Å². The second-order valence-corrected chi connectivity index (χ2v) is 7.18. The van der Waals surface area contributed by atoms with Crippen LogP contribution in [0.5, 0.6) is 0 Å². The van der Waals surface area contributed by atoms with Gasteiger partial charge >= 0.3 is 0 Å². The van der Waals surface area contributed by atoms with E-state index in [9.17, 15) is 9.50 Å². The number of rotatable bonds is 2. The molecule has 1 saturated heterocycles. The third-order valence-electron chi connectivity index (χ3n) is 3.21. The Hall–Kier alpha value is -0.740. The number of aliphatic hydroxyl groups excluding tert-OH is 1. The van der Waals surface area contributed by atoms with Crippen LogP contribution in [0.1, 0.15) is 32.4 Å². The van der Waals surface area contributed by atoms with Gasteiger partial charge in [-0.05, 0) is 32.9 Å².